The molecule has 0 unspecified atom stereocenters. The molecule has 0 aliphatic heterocycles. The summed E-state index contributed by atoms with van der Waals surface area (Å²) < 4.78 is 83.0. The minimum absolute atomic E-state index is 2.23. The van der Waals surface area contributed by atoms with Gasteiger partial charge in [0.25, 0.3) is 11.7 Å². The second kappa shape index (κ2) is 2.68. The van der Waals surface area contributed by atoms with Gasteiger partial charge in [-0.05, 0) is 8.78 Å². The Morgan fingerprint density at radius 1 is 1.15 bits per heavy atom. The van der Waals surface area contributed by atoms with E-state index in [0.717, 1.165) is 0 Å². The van der Waals surface area contributed by atoms with E-state index in [1.54, 1.807) is 0 Å². The summed E-state index contributed by atoms with van der Waals surface area (Å²) in [6.45, 7) is 0. The van der Waals surface area contributed by atoms with Crippen LogP contribution in [0.5, 0.6) is 0 Å². The van der Waals surface area contributed by atoms with Gasteiger partial charge in [-0.2, -0.15) is 22.0 Å². The Balaban J connectivity index is 3.20. The van der Waals surface area contributed by atoms with E-state index in [0.29, 0.717) is 0 Å². The largest absolute Gasteiger partial charge is 0.457 e. The van der Waals surface area contributed by atoms with Gasteiger partial charge in [-0.1, -0.05) is 0 Å². The van der Waals surface area contributed by atoms with E-state index in [4.69, 9.17) is 0 Å². The topological polar surface area (TPSA) is 0 Å². The highest BCUT2D eigenvalue weighted by Gasteiger charge is 2.65. The van der Waals surface area contributed by atoms with Crippen molar-refractivity contribution in [2.45, 2.75) is 5.92 Å². The van der Waals surface area contributed by atoms with Crippen LogP contribution < -0.4 is 0 Å². The highest BCUT2D eigenvalue weighted by molar-refractivity contribution is 5.53. The molecule has 0 N–H and O–H groups in total. The van der Waals surface area contributed by atoms with Crippen molar-refractivity contribution in [3.05, 3.63) is 29.5 Å². The molecule has 0 atom stereocenters. The number of alkyl halides is 2. The van der Waals surface area contributed by atoms with Crippen LogP contribution in [0.15, 0.2) is 23.1 Å². The first kappa shape index (κ1) is 9.94. The lowest BCUT2D eigenvalue weighted by atomic mass is 9.93. The Bertz CT molecular complexity index is 298. The molecule has 7 heteroatoms. The van der Waals surface area contributed by atoms with Crippen molar-refractivity contribution in [3.8, 4) is 0 Å². The quantitative estimate of drug-likeness (QED) is 0.454. The van der Waals surface area contributed by atoms with Crippen LogP contribution in [0.25, 0.3) is 0 Å². The molecule has 1 aliphatic carbocycles. The van der Waals surface area contributed by atoms with Gasteiger partial charge in [-0.3, -0.25) is 0 Å². The molecule has 1 rings (SSSR count). The van der Waals surface area contributed by atoms with E-state index < -0.39 is 35.4 Å². The average Bonchev–Trinajstić information content (AvgIpc) is 2.03. The Hall–Kier alpha value is -1.14. The molecule has 0 saturated heterocycles. The van der Waals surface area contributed by atoms with Crippen molar-refractivity contribution in [2.75, 3.05) is 0 Å². The molecule has 0 spiro atoms. The third-order valence-corrected chi connectivity index (χ3v) is 1.39. The first-order valence-corrected chi connectivity index (χ1v) is 2.82. The number of hydrogen-bond acceptors (Lipinski definition) is 0. The molecular weight excluding hydrogens is 205 g/mol. The molecule has 0 saturated carbocycles. The van der Waals surface area contributed by atoms with Crippen LogP contribution in [0.3, 0.4) is 0 Å². The Labute approximate surface area is 67.3 Å². The summed E-state index contributed by atoms with van der Waals surface area (Å²) in [6, 6.07) is 0. The lowest BCUT2D eigenvalue weighted by Gasteiger charge is -2.18. The molecule has 0 radical (unpaired) electrons. The second-order valence-corrected chi connectivity index (χ2v) is 2.15. The molecule has 0 bridgehead atoms. The van der Waals surface area contributed by atoms with Gasteiger partial charge in [0.15, 0.2) is 0 Å². The number of hydrogen-bond donors (Lipinski definition) is 0. The Morgan fingerprint density at radius 2 is 1.62 bits per heavy atom. The number of rotatable bonds is 1. The summed E-state index contributed by atoms with van der Waals surface area (Å²) in [7, 11) is 0. The molecule has 0 heterocycles. The van der Waals surface area contributed by atoms with Crippen LogP contribution in [-0.4, -0.2) is 5.92 Å². The maximum absolute atomic E-state index is 12.1. The summed E-state index contributed by atoms with van der Waals surface area (Å²) in [5.74, 6) is -12.1. The summed E-state index contributed by atoms with van der Waals surface area (Å²) in [6.07, 6.45) is -3.11. The summed E-state index contributed by atoms with van der Waals surface area (Å²) >= 11 is 0. The first-order valence-electron chi connectivity index (χ1n) is 2.82. The molecular formula is C6F7+. The van der Waals surface area contributed by atoms with Crippen LogP contribution in [0.4, 0.5) is 30.7 Å². The zero-order chi connectivity index (χ0) is 10.4. The standard InChI is InChI=1S/C6F7/c7-2-1(3(8)5(10)11)6(12,13)4(2)9/q+1/b3-1+. The Morgan fingerprint density at radius 3 is 1.92 bits per heavy atom. The van der Waals surface area contributed by atoms with Gasteiger partial charge in [-0.15, -0.1) is 0 Å². The monoisotopic (exact) mass is 205 g/mol. The minimum Gasteiger partial charge on any atom is -0.197 e. The van der Waals surface area contributed by atoms with E-state index >= 15 is 0 Å². The normalized spacial score (nSPS) is 24.2. The first-order chi connectivity index (χ1) is 5.80. The number of allylic oxidation sites excluding steroid dienone is 4. The zero-order valence-corrected chi connectivity index (χ0v) is 5.65. The molecule has 0 aromatic carbocycles. The fourth-order valence-electron chi connectivity index (χ4n) is 0.761. The van der Waals surface area contributed by atoms with Gasteiger partial charge in [0.1, 0.15) is 0 Å². The maximum atomic E-state index is 12.1. The average molecular weight is 205 g/mol. The van der Waals surface area contributed by atoms with Gasteiger partial charge in [-0.25, -0.2) is 0 Å². The second-order valence-electron chi connectivity index (χ2n) is 2.15. The molecule has 0 nitrogen and oxygen atoms in total. The zero-order valence-electron chi connectivity index (χ0n) is 5.65. The van der Waals surface area contributed by atoms with Gasteiger partial charge in [0.05, 0.1) is 0 Å². The molecule has 1 aliphatic rings. The smallest absolute Gasteiger partial charge is 0.197 e. The predicted molar refractivity (Wildman–Crippen MR) is 27.8 cm³/mol. The van der Waals surface area contributed by atoms with E-state index in [2.05, 4.69) is 0 Å². The van der Waals surface area contributed by atoms with E-state index in [9.17, 15) is 30.7 Å². The van der Waals surface area contributed by atoms with Crippen LogP contribution in [0.2, 0.25) is 0 Å². The van der Waals surface area contributed by atoms with Crippen molar-refractivity contribution in [2.24, 2.45) is 0 Å². The predicted octanol–water partition coefficient (Wildman–Crippen LogP) is 3.44. The lowest BCUT2D eigenvalue weighted by molar-refractivity contribution is 0.0238. The fraction of sp³-hybridized carbons (Fsp3) is 0.167. The van der Waals surface area contributed by atoms with Crippen molar-refractivity contribution in [3.63, 3.8) is 0 Å². The van der Waals surface area contributed by atoms with E-state index in [1.165, 1.54) is 0 Å². The van der Waals surface area contributed by atoms with Gasteiger partial charge in [0, 0.05) is 0 Å². The SMILES string of the molecule is FC1=C(F)C(F)(F)/C1=C(/F)[C+](F)F. The molecule has 0 amide bonds. The van der Waals surface area contributed by atoms with E-state index in [-0.39, 0.29) is 0 Å². The molecule has 72 valence electrons. The highest BCUT2D eigenvalue weighted by Crippen LogP contribution is 2.52. The van der Waals surface area contributed by atoms with Crippen LogP contribution in [0.1, 0.15) is 0 Å². The maximum Gasteiger partial charge on any atom is 0.457 e. The minimum atomic E-state index is -4.59. The summed E-state index contributed by atoms with van der Waals surface area (Å²) in [4.78, 5) is 0. The molecule has 13 heavy (non-hydrogen) atoms. The third kappa shape index (κ3) is 1.18. The Kier molecular flexibility index (Phi) is 2.05. The van der Waals surface area contributed by atoms with E-state index in [1.807, 2.05) is 0 Å². The van der Waals surface area contributed by atoms with Crippen LogP contribution >= 0.6 is 0 Å². The van der Waals surface area contributed by atoms with Crippen molar-refractivity contribution >= 4 is 0 Å². The van der Waals surface area contributed by atoms with Gasteiger partial charge < -0.3 is 0 Å². The third-order valence-electron chi connectivity index (χ3n) is 1.39. The summed E-state index contributed by atoms with van der Waals surface area (Å²) in [5, 5.41) is 0. The van der Waals surface area contributed by atoms with Crippen LogP contribution in [-0.2, 0) is 0 Å². The molecule has 0 aromatic rings. The van der Waals surface area contributed by atoms with Gasteiger partial charge >= 0.3 is 18.2 Å². The highest BCUT2D eigenvalue weighted by atomic mass is 19.3. The van der Waals surface area contributed by atoms with Crippen molar-refractivity contribution in [1.29, 1.82) is 0 Å². The van der Waals surface area contributed by atoms with Gasteiger partial charge in [0.2, 0.25) is 5.57 Å². The van der Waals surface area contributed by atoms with Crippen molar-refractivity contribution in [1.82, 2.24) is 0 Å². The number of halogens is 7. The van der Waals surface area contributed by atoms with Crippen LogP contribution in [0, 0.1) is 6.43 Å². The molecule has 0 aromatic heterocycles. The molecule has 0 fully saturated rings. The van der Waals surface area contributed by atoms with Crippen molar-refractivity contribution < 1.29 is 30.7 Å². The lowest BCUT2D eigenvalue weighted by Crippen LogP contribution is -2.32. The fourth-order valence-corrected chi connectivity index (χ4v) is 0.761. The summed E-state index contributed by atoms with van der Waals surface area (Å²) in [5.41, 5.74) is -2.23.